The van der Waals surface area contributed by atoms with Crippen molar-refractivity contribution >= 4 is 5.69 Å². The van der Waals surface area contributed by atoms with Crippen molar-refractivity contribution in [2.75, 3.05) is 5.06 Å². The summed E-state index contributed by atoms with van der Waals surface area (Å²) < 4.78 is 0. The maximum atomic E-state index is 11.3. The highest BCUT2D eigenvalue weighted by Crippen LogP contribution is 2.13. The van der Waals surface area contributed by atoms with Gasteiger partial charge in [0.05, 0.1) is 0 Å². The fourth-order valence-corrected chi connectivity index (χ4v) is 0.873. The number of para-hydroxylation sites is 1. The summed E-state index contributed by atoms with van der Waals surface area (Å²) in [6.45, 7) is 3.75. The van der Waals surface area contributed by atoms with Gasteiger partial charge in [-0.15, -0.1) is 0 Å². The average Bonchev–Trinajstić information content (AvgIpc) is 2.05. The van der Waals surface area contributed by atoms with E-state index in [2.05, 4.69) is 0 Å². The third kappa shape index (κ3) is 1.95. The van der Waals surface area contributed by atoms with Crippen LogP contribution in [0, 0.1) is 5.21 Å². The first-order chi connectivity index (χ1) is 5.22. The van der Waals surface area contributed by atoms with Gasteiger partial charge in [0.2, 0.25) is 0 Å². The normalized spacial score (nSPS) is 10.2. The molecule has 1 rings (SSSR count). The summed E-state index contributed by atoms with van der Waals surface area (Å²) >= 11 is 0. The molecule has 0 unspecified atom stereocenters. The molecular weight excluding hydrogens is 138 g/mol. The lowest BCUT2D eigenvalue weighted by atomic mass is 10.3. The Labute approximate surface area is 67.0 Å². The number of anilines is 1. The lowest BCUT2D eigenvalue weighted by molar-refractivity contribution is 0.785. The van der Waals surface area contributed by atoms with E-state index < -0.39 is 0 Å². The number of hydrogen-bond donors (Lipinski definition) is 0. The number of hydroxylamine groups is 1. The van der Waals surface area contributed by atoms with Crippen LogP contribution in [-0.2, 0) is 0 Å². The molecule has 0 amide bonds. The van der Waals surface area contributed by atoms with Crippen molar-refractivity contribution in [1.82, 2.24) is 0 Å². The van der Waals surface area contributed by atoms with Gasteiger partial charge in [0.15, 0.2) is 0 Å². The molecule has 0 fully saturated rings. The van der Waals surface area contributed by atoms with Gasteiger partial charge < -0.3 is 10.3 Å². The van der Waals surface area contributed by atoms with Gasteiger partial charge in [0.25, 0.3) is 0 Å². The summed E-state index contributed by atoms with van der Waals surface area (Å²) in [6.07, 6.45) is 0. The van der Waals surface area contributed by atoms with E-state index in [1.165, 1.54) is 0 Å². The Morgan fingerprint density at radius 3 is 2.18 bits per heavy atom. The van der Waals surface area contributed by atoms with Crippen molar-refractivity contribution in [2.45, 2.75) is 19.9 Å². The van der Waals surface area contributed by atoms with Gasteiger partial charge in [-0.1, -0.05) is 18.2 Å². The van der Waals surface area contributed by atoms with E-state index in [0.717, 1.165) is 10.8 Å². The Hall–Kier alpha value is -1.02. The molecule has 0 spiro atoms. The predicted molar refractivity (Wildman–Crippen MR) is 47.4 cm³/mol. The SMILES string of the molecule is CC(C)N([O-])c1ccccc1. The summed E-state index contributed by atoms with van der Waals surface area (Å²) in [4.78, 5) is 0. The number of benzene rings is 1. The first kappa shape index (κ1) is 8.08. The number of nitrogens with zero attached hydrogens (tertiary/aromatic N) is 1. The van der Waals surface area contributed by atoms with Crippen LogP contribution in [0.5, 0.6) is 0 Å². The summed E-state index contributed by atoms with van der Waals surface area (Å²) in [6, 6.07) is 9.26. The van der Waals surface area contributed by atoms with E-state index in [1.54, 1.807) is 0 Å². The van der Waals surface area contributed by atoms with Gasteiger partial charge >= 0.3 is 0 Å². The smallest absolute Gasteiger partial charge is 0.0261 e. The highest BCUT2D eigenvalue weighted by atomic mass is 16.5. The molecule has 2 heteroatoms. The van der Waals surface area contributed by atoms with Gasteiger partial charge in [0.1, 0.15) is 0 Å². The number of hydrogen-bond acceptors (Lipinski definition) is 2. The molecule has 0 bridgehead atoms. The minimum atomic E-state index is 0.0115. The Kier molecular flexibility index (Phi) is 2.49. The van der Waals surface area contributed by atoms with Gasteiger partial charge in [0, 0.05) is 11.7 Å². The van der Waals surface area contributed by atoms with Crippen LogP contribution in [0.25, 0.3) is 0 Å². The standard InChI is InChI=1S/C9H12NO/c1-8(2)10(11)9-6-4-3-5-7-9/h3-8H,1-2H3/q-1. The first-order valence-electron chi connectivity index (χ1n) is 3.73. The van der Waals surface area contributed by atoms with E-state index in [9.17, 15) is 5.21 Å². The third-order valence-electron chi connectivity index (χ3n) is 1.48. The quantitative estimate of drug-likeness (QED) is 0.605. The Morgan fingerprint density at radius 2 is 1.73 bits per heavy atom. The van der Waals surface area contributed by atoms with E-state index in [0.29, 0.717) is 0 Å². The van der Waals surface area contributed by atoms with E-state index in [-0.39, 0.29) is 6.04 Å². The highest BCUT2D eigenvalue weighted by molar-refractivity contribution is 5.47. The largest absolute Gasteiger partial charge is 0.758 e. The van der Waals surface area contributed by atoms with Crippen molar-refractivity contribution in [3.8, 4) is 0 Å². The second-order valence-corrected chi connectivity index (χ2v) is 2.76. The minimum absolute atomic E-state index is 0.0115. The fourth-order valence-electron chi connectivity index (χ4n) is 0.873. The van der Waals surface area contributed by atoms with Crippen molar-refractivity contribution in [3.05, 3.63) is 35.5 Å². The van der Waals surface area contributed by atoms with Crippen LogP contribution in [0.2, 0.25) is 0 Å². The maximum Gasteiger partial charge on any atom is 0.0261 e. The monoisotopic (exact) mass is 150 g/mol. The van der Waals surface area contributed by atoms with Crippen molar-refractivity contribution in [1.29, 1.82) is 0 Å². The summed E-state index contributed by atoms with van der Waals surface area (Å²) in [5.41, 5.74) is 0.725. The van der Waals surface area contributed by atoms with Crippen LogP contribution >= 0.6 is 0 Å². The molecule has 1 aromatic carbocycles. The zero-order valence-electron chi connectivity index (χ0n) is 6.82. The molecule has 0 aliphatic rings. The second-order valence-electron chi connectivity index (χ2n) is 2.76. The maximum absolute atomic E-state index is 11.3. The summed E-state index contributed by atoms with van der Waals surface area (Å²) in [7, 11) is 0. The molecule has 0 saturated heterocycles. The van der Waals surface area contributed by atoms with Crippen LogP contribution in [0.4, 0.5) is 5.69 Å². The predicted octanol–water partition coefficient (Wildman–Crippen LogP) is 2.40. The molecule has 0 saturated carbocycles. The molecule has 0 atom stereocenters. The highest BCUT2D eigenvalue weighted by Gasteiger charge is 1.96. The van der Waals surface area contributed by atoms with Crippen molar-refractivity contribution < 1.29 is 0 Å². The molecule has 60 valence electrons. The molecule has 1 aromatic rings. The van der Waals surface area contributed by atoms with Crippen LogP contribution in [0.3, 0.4) is 0 Å². The lowest BCUT2D eigenvalue weighted by Gasteiger charge is -2.34. The average molecular weight is 150 g/mol. The fraction of sp³-hybridized carbons (Fsp3) is 0.333. The van der Waals surface area contributed by atoms with Crippen molar-refractivity contribution in [2.24, 2.45) is 0 Å². The summed E-state index contributed by atoms with van der Waals surface area (Å²) in [5.74, 6) is 0. The van der Waals surface area contributed by atoms with Gasteiger partial charge in [-0.2, -0.15) is 0 Å². The molecule has 0 radical (unpaired) electrons. The van der Waals surface area contributed by atoms with E-state index >= 15 is 0 Å². The zero-order valence-corrected chi connectivity index (χ0v) is 6.82. The van der Waals surface area contributed by atoms with Crippen molar-refractivity contribution in [3.63, 3.8) is 0 Å². The lowest BCUT2D eigenvalue weighted by Crippen LogP contribution is -2.23. The zero-order chi connectivity index (χ0) is 8.27. The van der Waals surface area contributed by atoms with E-state index in [4.69, 9.17) is 0 Å². The molecule has 0 N–H and O–H groups in total. The van der Waals surface area contributed by atoms with Crippen LogP contribution in [0.1, 0.15) is 13.8 Å². The Balaban J connectivity index is 2.77. The molecule has 0 aliphatic carbocycles. The molecule has 0 aromatic heterocycles. The van der Waals surface area contributed by atoms with Crippen LogP contribution in [0.15, 0.2) is 30.3 Å². The number of rotatable bonds is 2. The van der Waals surface area contributed by atoms with Gasteiger partial charge in [-0.05, 0) is 26.0 Å². The molecular formula is C9H12NO-. The first-order valence-corrected chi connectivity index (χ1v) is 3.73. The Morgan fingerprint density at radius 1 is 1.18 bits per heavy atom. The third-order valence-corrected chi connectivity index (χ3v) is 1.48. The van der Waals surface area contributed by atoms with E-state index in [1.807, 2.05) is 44.2 Å². The van der Waals surface area contributed by atoms with Crippen LogP contribution < -0.4 is 5.06 Å². The molecule has 11 heavy (non-hydrogen) atoms. The van der Waals surface area contributed by atoms with Gasteiger partial charge in [-0.25, -0.2) is 0 Å². The summed E-state index contributed by atoms with van der Waals surface area (Å²) in [5, 5.41) is 12.3. The van der Waals surface area contributed by atoms with Gasteiger partial charge in [-0.3, -0.25) is 0 Å². The Bertz CT molecular complexity index is 208. The van der Waals surface area contributed by atoms with Crippen LogP contribution in [-0.4, -0.2) is 6.04 Å². The topological polar surface area (TPSA) is 26.3 Å². The molecule has 0 heterocycles. The molecule has 2 nitrogen and oxygen atoms in total. The minimum Gasteiger partial charge on any atom is -0.758 e. The second kappa shape index (κ2) is 3.39. The molecule has 0 aliphatic heterocycles.